The van der Waals surface area contributed by atoms with Gasteiger partial charge in [0.2, 0.25) is 0 Å². The van der Waals surface area contributed by atoms with Crippen LogP contribution >= 0.6 is 0 Å². The van der Waals surface area contributed by atoms with E-state index in [0.717, 1.165) is 12.8 Å². The molecule has 1 aliphatic carbocycles. The molecule has 1 aromatic carbocycles. The van der Waals surface area contributed by atoms with Gasteiger partial charge >= 0.3 is 5.97 Å². The average Bonchev–Trinajstić information content (AvgIpc) is 2.47. The third-order valence-corrected chi connectivity index (χ3v) is 3.76. The highest BCUT2D eigenvalue weighted by Gasteiger charge is 2.17. The molecule has 102 valence electrons. The zero-order valence-electron chi connectivity index (χ0n) is 11.6. The molecule has 2 nitrogen and oxygen atoms in total. The molecule has 0 saturated heterocycles. The molecule has 0 aromatic heterocycles. The summed E-state index contributed by atoms with van der Waals surface area (Å²) in [6, 6.07) is 10.7. The summed E-state index contributed by atoms with van der Waals surface area (Å²) in [6.45, 7) is 2.31. The number of benzene rings is 1. The summed E-state index contributed by atoms with van der Waals surface area (Å²) in [5.74, 6) is 0.570. The SMILES string of the molecule is CCOC(=O)CC=C1CCC(c2ccccc2)CC1. The van der Waals surface area contributed by atoms with Crippen LogP contribution in [0.1, 0.15) is 50.5 Å². The minimum atomic E-state index is -0.111. The van der Waals surface area contributed by atoms with Crippen molar-refractivity contribution in [2.45, 2.75) is 44.9 Å². The Morgan fingerprint density at radius 3 is 2.58 bits per heavy atom. The van der Waals surface area contributed by atoms with E-state index in [0.29, 0.717) is 18.9 Å². The number of carbonyl (C=O) groups excluding carboxylic acids is 1. The Balaban J connectivity index is 1.82. The van der Waals surface area contributed by atoms with Crippen LogP contribution in [0.5, 0.6) is 0 Å². The molecule has 0 aliphatic heterocycles. The summed E-state index contributed by atoms with van der Waals surface area (Å²) in [5, 5.41) is 0. The van der Waals surface area contributed by atoms with Gasteiger partial charge in [0.1, 0.15) is 0 Å². The second kappa shape index (κ2) is 7.13. The largest absolute Gasteiger partial charge is 0.466 e. The van der Waals surface area contributed by atoms with Gasteiger partial charge in [0.15, 0.2) is 0 Å². The lowest BCUT2D eigenvalue weighted by atomic mass is 9.81. The zero-order chi connectivity index (χ0) is 13.5. The molecule has 19 heavy (non-hydrogen) atoms. The van der Waals surface area contributed by atoms with Crippen molar-refractivity contribution in [1.29, 1.82) is 0 Å². The van der Waals surface area contributed by atoms with Gasteiger partial charge in [-0.1, -0.05) is 42.0 Å². The van der Waals surface area contributed by atoms with Crippen molar-refractivity contribution >= 4 is 5.97 Å². The minimum absolute atomic E-state index is 0.111. The monoisotopic (exact) mass is 258 g/mol. The summed E-state index contributed by atoms with van der Waals surface area (Å²) >= 11 is 0. The topological polar surface area (TPSA) is 26.3 Å². The molecule has 1 aliphatic rings. The van der Waals surface area contributed by atoms with Crippen LogP contribution in [0.25, 0.3) is 0 Å². The average molecular weight is 258 g/mol. The summed E-state index contributed by atoms with van der Waals surface area (Å²) in [5.41, 5.74) is 2.87. The van der Waals surface area contributed by atoms with E-state index < -0.39 is 0 Å². The Labute approximate surface area is 115 Å². The fourth-order valence-corrected chi connectivity index (χ4v) is 2.70. The first-order chi connectivity index (χ1) is 9.29. The van der Waals surface area contributed by atoms with E-state index in [4.69, 9.17) is 4.74 Å². The number of carbonyl (C=O) groups is 1. The molecule has 0 spiro atoms. The molecular formula is C17H22O2. The highest BCUT2D eigenvalue weighted by atomic mass is 16.5. The van der Waals surface area contributed by atoms with Crippen LogP contribution in [0.15, 0.2) is 42.0 Å². The van der Waals surface area contributed by atoms with E-state index >= 15 is 0 Å². The van der Waals surface area contributed by atoms with E-state index in [-0.39, 0.29) is 5.97 Å². The first kappa shape index (κ1) is 13.9. The minimum Gasteiger partial charge on any atom is -0.466 e. The molecule has 0 amide bonds. The molecule has 1 saturated carbocycles. The van der Waals surface area contributed by atoms with Gasteiger partial charge in [-0.2, -0.15) is 0 Å². The lowest BCUT2D eigenvalue weighted by molar-refractivity contribution is -0.142. The lowest BCUT2D eigenvalue weighted by Gasteiger charge is -2.24. The Hall–Kier alpha value is -1.57. The fraction of sp³-hybridized carbons (Fsp3) is 0.471. The maximum Gasteiger partial charge on any atom is 0.309 e. The molecule has 0 radical (unpaired) electrons. The van der Waals surface area contributed by atoms with Crippen molar-refractivity contribution in [3.05, 3.63) is 47.5 Å². The Bertz CT molecular complexity index is 424. The Morgan fingerprint density at radius 2 is 1.95 bits per heavy atom. The van der Waals surface area contributed by atoms with E-state index in [1.807, 2.05) is 6.92 Å². The summed E-state index contributed by atoms with van der Waals surface area (Å²) in [6.07, 6.45) is 7.10. The molecule has 1 fully saturated rings. The first-order valence-electron chi connectivity index (χ1n) is 7.18. The molecule has 0 heterocycles. The van der Waals surface area contributed by atoms with E-state index in [1.165, 1.54) is 24.0 Å². The number of rotatable bonds is 4. The lowest BCUT2D eigenvalue weighted by Crippen LogP contribution is -2.07. The highest BCUT2D eigenvalue weighted by Crippen LogP contribution is 2.35. The van der Waals surface area contributed by atoms with Crippen LogP contribution in [0.4, 0.5) is 0 Å². The number of hydrogen-bond donors (Lipinski definition) is 0. The van der Waals surface area contributed by atoms with Gasteiger partial charge in [-0.15, -0.1) is 0 Å². The van der Waals surface area contributed by atoms with E-state index in [9.17, 15) is 4.79 Å². The van der Waals surface area contributed by atoms with Crippen LogP contribution in [-0.2, 0) is 9.53 Å². The molecule has 1 aromatic rings. The zero-order valence-corrected chi connectivity index (χ0v) is 11.6. The fourth-order valence-electron chi connectivity index (χ4n) is 2.70. The van der Waals surface area contributed by atoms with E-state index in [2.05, 4.69) is 36.4 Å². The smallest absolute Gasteiger partial charge is 0.309 e. The van der Waals surface area contributed by atoms with Gasteiger partial charge in [-0.25, -0.2) is 0 Å². The van der Waals surface area contributed by atoms with Crippen molar-refractivity contribution in [3.63, 3.8) is 0 Å². The number of esters is 1. The second-order valence-electron chi connectivity index (χ2n) is 5.06. The normalized spacial score (nSPS) is 19.0. The molecule has 0 unspecified atom stereocenters. The van der Waals surface area contributed by atoms with Crippen LogP contribution in [0, 0.1) is 0 Å². The maximum atomic E-state index is 11.3. The van der Waals surface area contributed by atoms with Crippen molar-refractivity contribution in [2.24, 2.45) is 0 Å². The second-order valence-corrected chi connectivity index (χ2v) is 5.06. The van der Waals surface area contributed by atoms with Gasteiger partial charge in [0, 0.05) is 0 Å². The van der Waals surface area contributed by atoms with Crippen LogP contribution in [-0.4, -0.2) is 12.6 Å². The predicted molar refractivity (Wildman–Crippen MR) is 77.0 cm³/mol. The van der Waals surface area contributed by atoms with Gasteiger partial charge in [0.05, 0.1) is 13.0 Å². The first-order valence-corrected chi connectivity index (χ1v) is 7.18. The number of allylic oxidation sites excluding steroid dienone is 1. The quantitative estimate of drug-likeness (QED) is 0.597. The van der Waals surface area contributed by atoms with Crippen LogP contribution in [0.2, 0.25) is 0 Å². The number of ether oxygens (including phenoxy) is 1. The standard InChI is InChI=1S/C17H22O2/c1-2-19-17(18)13-10-14-8-11-16(12-9-14)15-6-4-3-5-7-15/h3-7,10,16H,2,8-9,11-13H2,1H3. The third-order valence-electron chi connectivity index (χ3n) is 3.76. The van der Waals surface area contributed by atoms with E-state index in [1.54, 1.807) is 0 Å². The van der Waals surface area contributed by atoms with Crippen LogP contribution < -0.4 is 0 Å². The summed E-state index contributed by atoms with van der Waals surface area (Å²) < 4.78 is 4.94. The molecular weight excluding hydrogens is 236 g/mol. The van der Waals surface area contributed by atoms with Crippen molar-refractivity contribution in [2.75, 3.05) is 6.61 Å². The van der Waals surface area contributed by atoms with Gasteiger partial charge in [-0.05, 0) is 44.1 Å². The molecule has 2 rings (SSSR count). The van der Waals surface area contributed by atoms with Crippen molar-refractivity contribution in [3.8, 4) is 0 Å². The summed E-state index contributed by atoms with van der Waals surface area (Å²) in [4.78, 5) is 11.3. The molecule has 0 N–H and O–H groups in total. The molecule has 0 atom stereocenters. The predicted octanol–water partition coefficient (Wildman–Crippen LogP) is 4.22. The highest BCUT2D eigenvalue weighted by molar-refractivity contribution is 5.71. The van der Waals surface area contributed by atoms with Crippen molar-refractivity contribution in [1.82, 2.24) is 0 Å². The number of hydrogen-bond acceptors (Lipinski definition) is 2. The van der Waals surface area contributed by atoms with Gasteiger partial charge < -0.3 is 4.74 Å². The van der Waals surface area contributed by atoms with Gasteiger partial charge in [-0.3, -0.25) is 4.79 Å². The summed E-state index contributed by atoms with van der Waals surface area (Å²) in [7, 11) is 0. The van der Waals surface area contributed by atoms with Crippen molar-refractivity contribution < 1.29 is 9.53 Å². The third kappa shape index (κ3) is 4.23. The molecule has 0 bridgehead atoms. The van der Waals surface area contributed by atoms with Crippen LogP contribution in [0.3, 0.4) is 0 Å². The molecule has 2 heteroatoms. The maximum absolute atomic E-state index is 11.3. The Morgan fingerprint density at radius 1 is 1.26 bits per heavy atom. The van der Waals surface area contributed by atoms with Gasteiger partial charge in [0.25, 0.3) is 0 Å². The Kier molecular flexibility index (Phi) is 5.20.